The minimum atomic E-state index is -0.726. The molecule has 2 aliphatic heterocycles. The van der Waals surface area contributed by atoms with E-state index >= 15 is 0 Å². The van der Waals surface area contributed by atoms with Crippen molar-refractivity contribution >= 4 is 23.2 Å². The molecule has 3 heterocycles. The number of nitriles is 1. The van der Waals surface area contributed by atoms with Crippen LogP contribution in [0.5, 0.6) is 0 Å². The molecule has 25 heavy (non-hydrogen) atoms. The van der Waals surface area contributed by atoms with E-state index in [2.05, 4.69) is 22.4 Å². The highest BCUT2D eigenvalue weighted by molar-refractivity contribution is 7.09. The van der Waals surface area contributed by atoms with Crippen LogP contribution in [-0.4, -0.2) is 47.3 Å². The van der Waals surface area contributed by atoms with Gasteiger partial charge in [0, 0.05) is 37.0 Å². The van der Waals surface area contributed by atoms with Gasteiger partial charge in [-0.3, -0.25) is 9.59 Å². The lowest BCUT2D eigenvalue weighted by atomic mass is 9.83. The van der Waals surface area contributed by atoms with Gasteiger partial charge in [-0.2, -0.15) is 5.26 Å². The summed E-state index contributed by atoms with van der Waals surface area (Å²) in [4.78, 5) is 30.4. The van der Waals surface area contributed by atoms with Crippen LogP contribution in [0.15, 0.2) is 17.5 Å². The number of piperidine rings is 2. The summed E-state index contributed by atoms with van der Waals surface area (Å²) < 4.78 is 0. The molecule has 3 aliphatic rings. The summed E-state index contributed by atoms with van der Waals surface area (Å²) in [6, 6.07) is 6.64. The van der Waals surface area contributed by atoms with Gasteiger partial charge in [0.05, 0.1) is 6.07 Å². The lowest BCUT2D eigenvalue weighted by Crippen LogP contribution is -2.58. The number of hydrogen-bond acceptors (Lipinski definition) is 4. The van der Waals surface area contributed by atoms with Crippen LogP contribution < -0.4 is 0 Å². The smallest absolute Gasteiger partial charge is 0.243 e. The minimum absolute atomic E-state index is 0.0236. The summed E-state index contributed by atoms with van der Waals surface area (Å²) in [5.41, 5.74) is -0.726. The summed E-state index contributed by atoms with van der Waals surface area (Å²) in [5, 5.41) is 11.4. The van der Waals surface area contributed by atoms with E-state index in [-0.39, 0.29) is 17.9 Å². The van der Waals surface area contributed by atoms with E-state index in [1.807, 2.05) is 11.0 Å². The quantitative estimate of drug-likeness (QED) is 0.831. The van der Waals surface area contributed by atoms with Crippen molar-refractivity contribution in [3.8, 4) is 6.07 Å². The molecule has 0 bridgehead atoms. The lowest BCUT2D eigenvalue weighted by molar-refractivity contribution is -0.145. The van der Waals surface area contributed by atoms with Gasteiger partial charge in [-0.25, -0.2) is 0 Å². The summed E-state index contributed by atoms with van der Waals surface area (Å²) >= 11 is 1.74. The van der Waals surface area contributed by atoms with Gasteiger partial charge in [0.1, 0.15) is 5.41 Å². The second-order valence-electron chi connectivity index (χ2n) is 7.52. The predicted molar refractivity (Wildman–Crippen MR) is 94.7 cm³/mol. The third-order valence-corrected chi connectivity index (χ3v) is 6.92. The number of amides is 2. The highest BCUT2D eigenvalue weighted by atomic mass is 32.1. The van der Waals surface area contributed by atoms with Gasteiger partial charge in [-0.15, -0.1) is 11.3 Å². The molecule has 0 N–H and O–H groups in total. The number of carbonyl (C=O) groups is 2. The Bertz CT molecular complexity index is 705. The molecule has 6 heteroatoms. The molecule has 1 aliphatic carbocycles. The standard InChI is InChI=1S/C19H23N3O2S/c20-13-19(7-8-19)18(24)21-9-6-16-14(12-21)3-4-17(23)22(16)10-5-15-2-1-11-25-15/h1-2,11,14,16H,3-10,12H2/t14-,16+/m0/s1. The largest absolute Gasteiger partial charge is 0.341 e. The Morgan fingerprint density at radius 2 is 2.24 bits per heavy atom. The predicted octanol–water partition coefficient (Wildman–Crippen LogP) is 2.43. The number of rotatable bonds is 4. The van der Waals surface area contributed by atoms with Crippen molar-refractivity contribution < 1.29 is 9.59 Å². The van der Waals surface area contributed by atoms with Crippen molar-refractivity contribution in [2.45, 2.75) is 44.6 Å². The van der Waals surface area contributed by atoms with Crippen molar-refractivity contribution in [1.29, 1.82) is 5.26 Å². The van der Waals surface area contributed by atoms with Crippen LogP contribution in [0, 0.1) is 22.7 Å². The van der Waals surface area contributed by atoms with Crippen molar-refractivity contribution in [3.63, 3.8) is 0 Å². The fraction of sp³-hybridized carbons (Fsp3) is 0.632. The van der Waals surface area contributed by atoms with Crippen molar-refractivity contribution in [2.24, 2.45) is 11.3 Å². The average Bonchev–Trinajstić information content (AvgIpc) is 3.27. The monoisotopic (exact) mass is 357 g/mol. The van der Waals surface area contributed by atoms with Gasteiger partial charge < -0.3 is 9.80 Å². The van der Waals surface area contributed by atoms with E-state index in [9.17, 15) is 14.9 Å². The molecule has 2 saturated heterocycles. The summed E-state index contributed by atoms with van der Waals surface area (Å²) in [6.45, 7) is 2.15. The van der Waals surface area contributed by atoms with Crippen LogP contribution in [0.3, 0.4) is 0 Å². The number of carbonyl (C=O) groups excluding carboxylic acids is 2. The topological polar surface area (TPSA) is 64.4 Å². The number of likely N-dealkylation sites (tertiary alicyclic amines) is 2. The Balaban J connectivity index is 1.41. The molecule has 3 fully saturated rings. The maximum Gasteiger partial charge on any atom is 0.243 e. The second-order valence-corrected chi connectivity index (χ2v) is 8.55. The first-order valence-corrected chi connectivity index (χ1v) is 10.0. The first-order chi connectivity index (χ1) is 12.1. The molecular formula is C19H23N3O2S. The molecule has 0 spiro atoms. The SMILES string of the molecule is N#CC1(C(=O)N2CC[C@@H]3[C@@H](CCC(=O)N3CCc3cccs3)C2)CC1. The summed E-state index contributed by atoms with van der Waals surface area (Å²) in [5.74, 6) is 0.636. The Labute approximate surface area is 152 Å². The van der Waals surface area contributed by atoms with Crippen LogP contribution in [0.4, 0.5) is 0 Å². The maximum absolute atomic E-state index is 12.6. The number of fused-ring (bicyclic) bond motifs is 1. The normalized spacial score (nSPS) is 27.6. The highest BCUT2D eigenvalue weighted by Gasteiger charge is 2.53. The van der Waals surface area contributed by atoms with E-state index in [1.165, 1.54) is 4.88 Å². The van der Waals surface area contributed by atoms with Crippen molar-refractivity contribution in [3.05, 3.63) is 22.4 Å². The molecular weight excluding hydrogens is 334 g/mol. The van der Waals surface area contributed by atoms with E-state index < -0.39 is 5.41 Å². The van der Waals surface area contributed by atoms with Gasteiger partial charge in [-0.1, -0.05) is 6.07 Å². The first kappa shape index (κ1) is 16.6. The first-order valence-electron chi connectivity index (χ1n) is 9.15. The van der Waals surface area contributed by atoms with Gasteiger partial charge >= 0.3 is 0 Å². The van der Waals surface area contributed by atoms with Crippen molar-refractivity contribution in [2.75, 3.05) is 19.6 Å². The summed E-state index contributed by atoms with van der Waals surface area (Å²) in [7, 11) is 0. The molecule has 132 valence electrons. The molecule has 0 aromatic carbocycles. The van der Waals surface area contributed by atoms with Crippen LogP contribution >= 0.6 is 11.3 Å². The molecule has 5 nitrogen and oxygen atoms in total. The minimum Gasteiger partial charge on any atom is -0.341 e. The zero-order chi connectivity index (χ0) is 17.4. The Morgan fingerprint density at radius 1 is 1.40 bits per heavy atom. The molecule has 0 unspecified atom stereocenters. The fourth-order valence-corrected chi connectivity index (χ4v) is 5.01. The van der Waals surface area contributed by atoms with Gasteiger partial charge in [-0.05, 0) is 49.5 Å². The molecule has 4 rings (SSSR count). The van der Waals surface area contributed by atoms with E-state index in [4.69, 9.17) is 0 Å². The third kappa shape index (κ3) is 3.06. The second kappa shape index (κ2) is 6.45. The summed E-state index contributed by atoms with van der Waals surface area (Å²) in [6.07, 6.45) is 4.61. The van der Waals surface area contributed by atoms with Crippen LogP contribution in [0.2, 0.25) is 0 Å². The van der Waals surface area contributed by atoms with Crippen molar-refractivity contribution in [1.82, 2.24) is 9.80 Å². The van der Waals surface area contributed by atoms with E-state index in [0.717, 1.165) is 25.8 Å². The highest BCUT2D eigenvalue weighted by Crippen LogP contribution is 2.47. The number of nitrogens with zero attached hydrogens (tertiary/aromatic N) is 3. The fourth-order valence-electron chi connectivity index (χ4n) is 4.31. The van der Waals surface area contributed by atoms with E-state index in [1.54, 1.807) is 11.3 Å². The number of thiophene rings is 1. The molecule has 2 atom stereocenters. The molecule has 1 aromatic heterocycles. The van der Waals surface area contributed by atoms with Gasteiger partial charge in [0.15, 0.2) is 0 Å². The molecule has 0 radical (unpaired) electrons. The van der Waals surface area contributed by atoms with Gasteiger partial charge in [0.25, 0.3) is 0 Å². The maximum atomic E-state index is 12.6. The molecule has 1 saturated carbocycles. The molecule has 1 aromatic rings. The Morgan fingerprint density at radius 3 is 2.92 bits per heavy atom. The van der Waals surface area contributed by atoms with E-state index in [0.29, 0.717) is 38.3 Å². The average molecular weight is 357 g/mol. The molecule has 2 amide bonds. The zero-order valence-electron chi connectivity index (χ0n) is 14.3. The third-order valence-electron chi connectivity index (χ3n) is 5.98. The van der Waals surface area contributed by atoms with Gasteiger partial charge in [0.2, 0.25) is 11.8 Å². The Hall–Kier alpha value is -1.87. The van der Waals surface area contributed by atoms with Crippen LogP contribution in [0.1, 0.15) is 37.0 Å². The van der Waals surface area contributed by atoms with Crippen LogP contribution in [-0.2, 0) is 16.0 Å². The lowest BCUT2D eigenvalue weighted by Gasteiger charge is -2.47. The van der Waals surface area contributed by atoms with Crippen LogP contribution in [0.25, 0.3) is 0 Å². The Kier molecular flexibility index (Phi) is 4.28. The zero-order valence-corrected chi connectivity index (χ0v) is 15.1. The number of hydrogen-bond donors (Lipinski definition) is 0.